The average molecular weight is 252 g/mol. The molecule has 0 rings (SSSR count). The molecule has 0 aromatic rings. The van der Waals surface area contributed by atoms with E-state index in [9.17, 15) is 0 Å². The fraction of sp³-hybridized carbons (Fsp3) is 0.667. The smallest absolute Gasteiger partial charge is 0.0139 e. The minimum atomic E-state index is 0. The van der Waals surface area contributed by atoms with Crippen LogP contribution in [0.1, 0.15) is 67.7 Å². The van der Waals surface area contributed by atoms with E-state index < -0.39 is 0 Å². The Morgan fingerprint density at radius 1 is 1.22 bits per heavy atom. The third kappa shape index (κ3) is 10.4. The van der Waals surface area contributed by atoms with Gasteiger partial charge in [-0.3, -0.25) is 0 Å². The number of rotatable bonds is 8. The lowest BCUT2D eigenvalue weighted by atomic mass is 9.85. The first-order valence-electron chi connectivity index (χ1n) is 7.07. The summed E-state index contributed by atoms with van der Waals surface area (Å²) < 4.78 is 0. The highest BCUT2D eigenvalue weighted by atomic mass is 14.2. The third-order valence-electron chi connectivity index (χ3n) is 3.13. The van der Waals surface area contributed by atoms with Gasteiger partial charge in [0.2, 0.25) is 0 Å². The highest BCUT2D eigenvalue weighted by Crippen LogP contribution is 2.24. The second-order valence-corrected chi connectivity index (χ2v) is 4.30. The van der Waals surface area contributed by atoms with Crippen LogP contribution >= 0.6 is 0 Å². The molecule has 2 unspecified atom stereocenters. The Morgan fingerprint density at radius 3 is 2.17 bits per heavy atom. The maximum atomic E-state index is 3.90. The summed E-state index contributed by atoms with van der Waals surface area (Å²) in [6.07, 6.45) is 11.2. The van der Waals surface area contributed by atoms with Gasteiger partial charge in [-0.1, -0.05) is 71.8 Å². The van der Waals surface area contributed by atoms with E-state index in [2.05, 4.69) is 46.1 Å². The first-order chi connectivity index (χ1) is 8.17. The van der Waals surface area contributed by atoms with Gasteiger partial charge < -0.3 is 0 Å². The van der Waals surface area contributed by atoms with Crippen LogP contribution in [-0.2, 0) is 0 Å². The van der Waals surface area contributed by atoms with E-state index in [1.165, 1.54) is 24.8 Å². The number of allylic oxidation sites excluding steroid dienone is 4. The fourth-order valence-corrected chi connectivity index (χ4v) is 1.75. The van der Waals surface area contributed by atoms with Crippen LogP contribution in [0.25, 0.3) is 0 Å². The molecular formula is C18H36. The molecular weight excluding hydrogens is 216 g/mol. The first-order valence-corrected chi connectivity index (χ1v) is 7.07. The van der Waals surface area contributed by atoms with Crippen LogP contribution in [0.4, 0.5) is 0 Å². The summed E-state index contributed by atoms with van der Waals surface area (Å²) in [6.45, 7) is 18.5. The van der Waals surface area contributed by atoms with Gasteiger partial charge in [-0.05, 0) is 31.6 Å². The van der Waals surface area contributed by atoms with E-state index in [-0.39, 0.29) is 7.43 Å². The van der Waals surface area contributed by atoms with Crippen LogP contribution in [0.15, 0.2) is 37.0 Å². The maximum absolute atomic E-state index is 3.90. The largest absolute Gasteiger partial charge is 0.103 e. The van der Waals surface area contributed by atoms with Crippen LogP contribution in [0.2, 0.25) is 0 Å². The minimum Gasteiger partial charge on any atom is -0.103 e. The number of hydrogen-bond donors (Lipinski definition) is 0. The molecule has 0 aliphatic rings. The molecule has 0 N–H and O–H groups in total. The molecule has 0 aromatic heterocycles. The van der Waals surface area contributed by atoms with E-state index in [4.69, 9.17) is 0 Å². The van der Waals surface area contributed by atoms with Gasteiger partial charge >= 0.3 is 0 Å². The molecule has 0 nitrogen and oxygen atoms in total. The fourth-order valence-electron chi connectivity index (χ4n) is 1.75. The zero-order valence-electron chi connectivity index (χ0n) is 12.6. The number of hydrogen-bond acceptors (Lipinski definition) is 0. The molecule has 0 saturated heterocycles. The molecule has 2 atom stereocenters. The molecule has 108 valence electrons. The lowest BCUT2D eigenvalue weighted by Crippen LogP contribution is -2.09. The van der Waals surface area contributed by atoms with Crippen molar-refractivity contribution in [3.8, 4) is 0 Å². The van der Waals surface area contributed by atoms with Crippen molar-refractivity contribution in [2.75, 3.05) is 0 Å². The summed E-state index contributed by atoms with van der Waals surface area (Å²) in [5.41, 5.74) is 1.50. The van der Waals surface area contributed by atoms with E-state index in [1.54, 1.807) is 0 Å². The monoisotopic (exact) mass is 252 g/mol. The topological polar surface area (TPSA) is 0 Å². The van der Waals surface area contributed by atoms with Gasteiger partial charge in [-0.15, -0.1) is 13.2 Å². The van der Waals surface area contributed by atoms with E-state index in [0.717, 1.165) is 6.42 Å². The van der Waals surface area contributed by atoms with Crippen molar-refractivity contribution in [3.63, 3.8) is 0 Å². The van der Waals surface area contributed by atoms with E-state index >= 15 is 0 Å². The molecule has 0 aliphatic heterocycles. The Morgan fingerprint density at radius 2 is 1.78 bits per heavy atom. The van der Waals surface area contributed by atoms with Crippen LogP contribution < -0.4 is 0 Å². The maximum Gasteiger partial charge on any atom is -0.0139 e. The van der Waals surface area contributed by atoms with E-state index in [1.807, 2.05) is 19.9 Å². The first kappa shape index (κ1) is 22.4. The van der Waals surface area contributed by atoms with Crippen LogP contribution in [-0.4, -0.2) is 0 Å². The summed E-state index contributed by atoms with van der Waals surface area (Å²) in [6, 6.07) is 0. The van der Waals surface area contributed by atoms with Crippen molar-refractivity contribution in [2.45, 2.75) is 67.7 Å². The molecule has 0 aliphatic carbocycles. The Bertz CT molecular complexity index is 210. The second-order valence-electron chi connectivity index (χ2n) is 4.30. The molecule has 0 spiro atoms. The van der Waals surface area contributed by atoms with Crippen LogP contribution in [0, 0.1) is 11.8 Å². The number of unbranched alkanes of at least 4 members (excludes halogenated alkanes) is 2. The molecule has 0 aromatic carbocycles. The molecule has 0 radical (unpaired) electrons. The van der Waals surface area contributed by atoms with Gasteiger partial charge in [0.15, 0.2) is 0 Å². The molecule has 0 saturated carbocycles. The van der Waals surface area contributed by atoms with Crippen molar-refractivity contribution in [2.24, 2.45) is 11.8 Å². The predicted molar refractivity (Wildman–Crippen MR) is 89.0 cm³/mol. The lowest BCUT2D eigenvalue weighted by Gasteiger charge is -2.20. The normalized spacial score (nSPS) is 13.5. The predicted octanol–water partition coefficient (Wildman–Crippen LogP) is 6.80. The Hall–Kier alpha value is -0.780. The summed E-state index contributed by atoms with van der Waals surface area (Å²) in [7, 11) is 0. The zero-order chi connectivity index (χ0) is 13.7. The van der Waals surface area contributed by atoms with Gasteiger partial charge in [0.1, 0.15) is 0 Å². The summed E-state index contributed by atoms with van der Waals surface area (Å²) in [5, 5.41) is 0. The lowest BCUT2D eigenvalue weighted by molar-refractivity contribution is 0.492. The van der Waals surface area contributed by atoms with Crippen molar-refractivity contribution >= 4 is 0 Å². The molecule has 0 bridgehead atoms. The summed E-state index contributed by atoms with van der Waals surface area (Å²) in [5.74, 6) is 1.14. The second kappa shape index (κ2) is 16.2. The molecule has 18 heavy (non-hydrogen) atoms. The third-order valence-corrected chi connectivity index (χ3v) is 3.13. The van der Waals surface area contributed by atoms with E-state index in [0.29, 0.717) is 11.8 Å². The van der Waals surface area contributed by atoms with Crippen molar-refractivity contribution < 1.29 is 0 Å². The average Bonchev–Trinajstić information content (AvgIpc) is 2.37. The van der Waals surface area contributed by atoms with Gasteiger partial charge in [-0.25, -0.2) is 0 Å². The van der Waals surface area contributed by atoms with Crippen molar-refractivity contribution in [1.29, 1.82) is 0 Å². The van der Waals surface area contributed by atoms with Gasteiger partial charge in [0, 0.05) is 0 Å². The van der Waals surface area contributed by atoms with Crippen molar-refractivity contribution in [3.05, 3.63) is 37.0 Å². The Kier molecular flexibility index (Phi) is 20.2. The van der Waals surface area contributed by atoms with Gasteiger partial charge in [0.05, 0.1) is 0 Å². The Balaban J connectivity index is -0.000000709. The molecule has 0 fully saturated rings. The molecule has 0 heterocycles. The highest BCUT2D eigenvalue weighted by molar-refractivity contribution is 5.07. The van der Waals surface area contributed by atoms with Crippen LogP contribution in [0.5, 0.6) is 0 Å². The van der Waals surface area contributed by atoms with Gasteiger partial charge in [0.25, 0.3) is 0 Å². The highest BCUT2D eigenvalue weighted by Gasteiger charge is 2.13. The zero-order valence-corrected chi connectivity index (χ0v) is 12.6. The molecule has 0 amide bonds. The Labute approximate surface area is 117 Å². The quantitative estimate of drug-likeness (QED) is 0.329. The SMILES string of the molecule is C.C=CCC(C=C)C(C)/C(C)=C/CCCC.CC. The summed E-state index contributed by atoms with van der Waals surface area (Å²) >= 11 is 0. The van der Waals surface area contributed by atoms with Crippen LogP contribution in [0.3, 0.4) is 0 Å². The van der Waals surface area contributed by atoms with Gasteiger partial charge in [-0.2, -0.15) is 0 Å². The minimum absolute atomic E-state index is 0. The summed E-state index contributed by atoms with van der Waals surface area (Å²) in [4.78, 5) is 0. The standard InChI is InChI=1S/C15H26.C2H6.CH4/c1-6-9-10-12-13(4)14(5)15(8-3)11-7-2;1-2;/h7-8,12,14-15H,2-3,6,9-11H2,1,4-5H3;1-2H3;1H4/b13-12+;;. The van der Waals surface area contributed by atoms with Crippen molar-refractivity contribution in [1.82, 2.24) is 0 Å². The molecule has 0 heteroatoms.